The maximum Gasteiger partial charge on any atom is 0.0568 e. The number of nitrogen functional groups attached to an aromatic ring is 1. The van der Waals surface area contributed by atoms with Gasteiger partial charge in [-0.3, -0.25) is 4.68 Å². The minimum absolute atomic E-state index is 0.391. The van der Waals surface area contributed by atoms with E-state index in [1.54, 1.807) is 18.3 Å². The van der Waals surface area contributed by atoms with Gasteiger partial charge in [-0.15, -0.1) is 0 Å². The van der Waals surface area contributed by atoms with Crippen molar-refractivity contribution in [3.05, 3.63) is 35.8 Å². The molecule has 0 atom stereocenters. The zero-order valence-corrected chi connectivity index (χ0v) is 8.97. The van der Waals surface area contributed by atoms with E-state index in [4.69, 9.17) is 5.73 Å². The van der Waals surface area contributed by atoms with Gasteiger partial charge in [0.2, 0.25) is 0 Å². The molecule has 0 saturated heterocycles. The molecule has 2 rings (SSSR count). The number of nitrogens with zero attached hydrogens (tertiary/aromatic N) is 2. The van der Waals surface area contributed by atoms with Gasteiger partial charge in [0.25, 0.3) is 0 Å². The fourth-order valence-electron chi connectivity index (χ4n) is 1.51. The molecule has 2 aromatic rings. The van der Waals surface area contributed by atoms with E-state index in [2.05, 4.69) is 5.10 Å². The second-order valence-electron chi connectivity index (χ2n) is 3.49. The summed E-state index contributed by atoms with van der Waals surface area (Å²) < 4.78 is 1.83. The molecule has 16 heavy (non-hydrogen) atoms. The first kappa shape index (κ1) is 10.5. The molecular weight excluding hydrogens is 204 g/mol. The van der Waals surface area contributed by atoms with Crippen LogP contribution >= 0.6 is 0 Å². The summed E-state index contributed by atoms with van der Waals surface area (Å²) in [5.74, 6) is 0. The Morgan fingerprint density at radius 1 is 1.44 bits per heavy atom. The molecule has 0 saturated carbocycles. The van der Waals surface area contributed by atoms with Crippen LogP contribution < -0.4 is 11.2 Å². The van der Waals surface area contributed by atoms with Crippen LogP contribution in [0.15, 0.2) is 30.6 Å². The Morgan fingerprint density at radius 3 is 2.88 bits per heavy atom. The first-order valence-corrected chi connectivity index (χ1v) is 5.05. The molecule has 5 heteroatoms. The van der Waals surface area contributed by atoms with Crippen LogP contribution in [0.4, 0.5) is 11.4 Å². The van der Waals surface area contributed by atoms with Gasteiger partial charge in [0, 0.05) is 24.0 Å². The molecule has 0 bridgehead atoms. The predicted molar refractivity (Wildman–Crippen MR) is 64.7 cm³/mol. The van der Waals surface area contributed by atoms with Gasteiger partial charge < -0.3 is 16.4 Å². The van der Waals surface area contributed by atoms with E-state index in [9.17, 15) is 5.21 Å². The predicted octanol–water partition coefficient (Wildman–Crippen LogP) is 2.06. The maximum atomic E-state index is 10.6. The molecule has 0 amide bonds. The number of aryl methyl sites for hydroxylation is 1. The number of anilines is 2. The Bertz CT molecular complexity index is 492. The average Bonchev–Trinajstić information content (AvgIpc) is 2.78. The lowest BCUT2D eigenvalue weighted by Gasteiger charge is -2.13. The van der Waals surface area contributed by atoms with Gasteiger partial charge in [0.05, 0.1) is 11.9 Å². The molecule has 1 aromatic carbocycles. The molecule has 0 radical (unpaired) electrons. The van der Waals surface area contributed by atoms with Gasteiger partial charge in [0.1, 0.15) is 0 Å². The summed E-state index contributed by atoms with van der Waals surface area (Å²) in [6.07, 6.45) is 3.70. The number of nitrogens with two attached hydrogens (primary N) is 1. The van der Waals surface area contributed by atoms with Gasteiger partial charge in [-0.05, 0) is 24.6 Å². The van der Waals surface area contributed by atoms with Crippen molar-refractivity contribution in [2.45, 2.75) is 13.5 Å². The van der Waals surface area contributed by atoms with Crippen LogP contribution in [0.3, 0.4) is 0 Å². The number of hydrogen-bond acceptors (Lipinski definition) is 4. The number of nitrogens with one attached hydrogen (secondary N) is 1. The van der Waals surface area contributed by atoms with Crippen LogP contribution in [-0.4, -0.2) is 9.78 Å². The number of aromatic nitrogens is 2. The summed E-state index contributed by atoms with van der Waals surface area (Å²) in [7, 11) is 0. The lowest BCUT2D eigenvalue weighted by Crippen LogP contribution is -1.94. The summed E-state index contributed by atoms with van der Waals surface area (Å²) in [5.41, 5.74) is 10.2. The van der Waals surface area contributed by atoms with Crippen molar-refractivity contribution in [3.8, 4) is 11.1 Å². The lowest BCUT2D eigenvalue weighted by atomic mass is 10.1. The zero-order valence-electron chi connectivity index (χ0n) is 8.97. The second-order valence-corrected chi connectivity index (χ2v) is 3.49. The first-order chi connectivity index (χ1) is 7.74. The summed E-state index contributed by atoms with van der Waals surface area (Å²) in [6, 6.07) is 5.30. The Morgan fingerprint density at radius 2 is 2.25 bits per heavy atom. The fraction of sp³-hybridized carbons (Fsp3) is 0.182. The monoisotopic (exact) mass is 217 g/mol. The number of rotatable bonds is 3. The first-order valence-electron chi connectivity index (χ1n) is 5.05. The Labute approximate surface area is 93.5 Å². The van der Waals surface area contributed by atoms with Crippen LogP contribution in [0, 0.1) is 5.21 Å². The standard InChI is InChI=1S/C11H13N4O/c1-2-15-7-9(6-13-15)8-3-4-10(12)11(5-8)14-16/h3-7,14H,2,12H2,1H3/q-1. The molecule has 0 aliphatic carbocycles. The molecule has 0 unspecified atom stereocenters. The van der Waals surface area contributed by atoms with Gasteiger partial charge in [-0.1, -0.05) is 6.07 Å². The van der Waals surface area contributed by atoms with Crippen molar-refractivity contribution in [1.82, 2.24) is 9.78 Å². The topological polar surface area (TPSA) is 78.9 Å². The molecule has 84 valence electrons. The largest absolute Gasteiger partial charge is 0.761 e. The minimum Gasteiger partial charge on any atom is -0.761 e. The van der Waals surface area contributed by atoms with E-state index in [1.165, 1.54) is 0 Å². The summed E-state index contributed by atoms with van der Waals surface area (Å²) in [6.45, 7) is 2.84. The van der Waals surface area contributed by atoms with Crippen molar-refractivity contribution in [2.75, 3.05) is 11.2 Å². The number of benzene rings is 1. The van der Waals surface area contributed by atoms with Crippen LogP contribution in [0.1, 0.15) is 6.92 Å². The highest BCUT2D eigenvalue weighted by molar-refractivity contribution is 5.75. The van der Waals surface area contributed by atoms with E-state index in [1.807, 2.05) is 29.3 Å². The fourth-order valence-corrected chi connectivity index (χ4v) is 1.51. The molecule has 1 aromatic heterocycles. The summed E-state index contributed by atoms with van der Waals surface area (Å²) in [5, 5.41) is 14.8. The van der Waals surface area contributed by atoms with E-state index in [0.717, 1.165) is 17.7 Å². The van der Waals surface area contributed by atoms with Gasteiger partial charge >= 0.3 is 0 Å². The van der Waals surface area contributed by atoms with Gasteiger partial charge in [0.15, 0.2) is 0 Å². The lowest BCUT2D eigenvalue weighted by molar-refractivity contribution is 0.660. The highest BCUT2D eigenvalue weighted by atomic mass is 16.5. The summed E-state index contributed by atoms with van der Waals surface area (Å²) in [4.78, 5) is 0. The molecule has 0 aliphatic heterocycles. The van der Waals surface area contributed by atoms with Gasteiger partial charge in [-0.2, -0.15) is 5.10 Å². The molecule has 0 fully saturated rings. The molecule has 5 nitrogen and oxygen atoms in total. The van der Waals surface area contributed by atoms with Crippen molar-refractivity contribution in [1.29, 1.82) is 0 Å². The average molecular weight is 217 g/mol. The summed E-state index contributed by atoms with van der Waals surface area (Å²) >= 11 is 0. The molecular formula is C11H13N4O-. The molecule has 0 aliphatic rings. The smallest absolute Gasteiger partial charge is 0.0568 e. The SMILES string of the molecule is CCn1cc(-c2ccc(N)c(N[O-])c2)cn1. The van der Waals surface area contributed by atoms with Crippen molar-refractivity contribution < 1.29 is 0 Å². The van der Waals surface area contributed by atoms with Crippen LogP contribution in [0.2, 0.25) is 0 Å². The van der Waals surface area contributed by atoms with Crippen LogP contribution in [0.5, 0.6) is 0 Å². The van der Waals surface area contributed by atoms with Gasteiger partial charge in [-0.25, -0.2) is 0 Å². The Balaban J connectivity index is 2.40. The molecule has 1 heterocycles. The third kappa shape index (κ3) is 1.85. The zero-order chi connectivity index (χ0) is 11.5. The molecule has 0 spiro atoms. The number of hydrogen-bond donors (Lipinski definition) is 2. The quantitative estimate of drug-likeness (QED) is 0.609. The van der Waals surface area contributed by atoms with Crippen molar-refractivity contribution in [3.63, 3.8) is 0 Å². The molecule has 3 N–H and O–H groups in total. The van der Waals surface area contributed by atoms with E-state index in [0.29, 0.717) is 11.4 Å². The third-order valence-corrected chi connectivity index (χ3v) is 2.45. The van der Waals surface area contributed by atoms with E-state index >= 15 is 0 Å². The Hall–Kier alpha value is -2.01. The van der Waals surface area contributed by atoms with E-state index < -0.39 is 0 Å². The van der Waals surface area contributed by atoms with Crippen molar-refractivity contribution >= 4 is 11.4 Å². The maximum absolute atomic E-state index is 10.6. The normalized spacial score (nSPS) is 10.4. The third-order valence-electron chi connectivity index (χ3n) is 2.45. The second kappa shape index (κ2) is 4.24. The van der Waals surface area contributed by atoms with Crippen molar-refractivity contribution in [2.24, 2.45) is 0 Å². The Kier molecular flexibility index (Phi) is 2.78. The highest BCUT2D eigenvalue weighted by Gasteiger charge is 2.03. The highest BCUT2D eigenvalue weighted by Crippen LogP contribution is 2.26. The van der Waals surface area contributed by atoms with E-state index in [-0.39, 0.29) is 0 Å². The minimum atomic E-state index is 0.391. The van der Waals surface area contributed by atoms with Crippen LogP contribution in [-0.2, 0) is 6.54 Å². The van der Waals surface area contributed by atoms with Crippen LogP contribution in [0.25, 0.3) is 11.1 Å².